The van der Waals surface area contributed by atoms with Crippen LogP contribution in [0.1, 0.15) is 35.6 Å². The van der Waals surface area contributed by atoms with Crippen LogP contribution in [0.15, 0.2) is 40.1 Å². The summed E-state index contributed by atoms with van der Waals surface area (Å²) in [6, 6.07) is 9.31. The van der Waals surface area contributed by atoms with E-state index in [0.717, 1.165) is 22.0 Å². The van der Waals surface area contributed by atoms with E-state index in [9.17, 15) is 14.7 Å². The van der Waals surface area contributed by atoms with Gasteiger partial charge in [0.2, 0.25) is 0 Å². The van der Waals surface area contributed by atoms with Crippen molar-refractivity contribution in [3.8, 4) is 11.4 Å². The lowest BCUT2D eigenvalue weighted by molar-refractivity contribution is -0.172. The zero-order chi connectivity index (χ0) is 21.9. The molecule has 1 aromatic carbocycles. The van der Waals surface area contributed by atoms with Crippen LogP contribution >= 0.6 is 12.4 Å². The molecule has 0 fully saturated rings. The lowest BCUT2D eigenvalue weighted by Crippen LogP contribution is -2.44. The smallest absolute Gasteiger partial charge is 0.343 e. The number of guanidine groups is 1. The third-order valence-electron chi connectivity index (χ3n) is 6.13. The summed E-state index contributed by atoms with van der Waals surface area (Å²) >= 11 is 0. The number of hydrogen-bond acceptors (Lipinski definition) is 6. The number of carbonyl (C=O) groups is 1. The second-order valence-electron chi connectivity index (χ2n) is 7.78. The lowest BCUT2D eigenvalue weighted by atomic mass is 9.86. The van der Waals surface area contributed by atoms with E-state index in [1.165, 1.54) is 0 Å². The van der Waals surface area contributed by atoms with Crippen LogP contribution in [0.25, 0.3) is 22.3 Å². The van der Waals surface area contributed by atoms with Gasteiger partial charge in [0.05, 0.1) is 35.6 Å². The Balaban J connectivity index is 0.00000245. The van der Waals surface area contributed by atoms with Crippen LogP contribution in [0, 0.1) is 0 Å². The van der Waals surface area contributed by atoms with E-state index >= 15 is 0 Å². The molecule has 9 nitrogen and oxygen atoms in total. The van der Waals surface area contributed by atoms with Crippen LogP contribution in [0.5, 0.6) is 0 Å². The summed E-state index contributed by atoms with van der Waals surface area (Å²) < 4.78 is 6.72. The van der Waals surface area contributed by atoms with Gasteiger partial charge in [-0.3, -0.25) is 4.79 Å². The summed E-state index contributed by atoms with van der Waals surface area (Å²) in [6.45, 7) is 2.05. The number of hydrogen-bond donors (Lipinski definition) is 3. The number of ether oxygens (including phenoxy) is 1. The highest BCUT2D eigenvalue weighted by Gasteiger charge is 2.45. The minimum absolute atomic E-state index is 0. The summed E-state index contributed by atoms with van der Waals surface area (Å²) in [6.07, 6.45) is 0.0927. The first-order valence-electron chi connectivity index (χ1n) is 9.98. The third kappa shape index (κ3) is 2.96. The minimum atomic E-state index is -1.86. The molecule has 166 valence electrons. The zero-order valence-electron chi connectivity index (χ0n) is 17.3. The number of esters is 1. The maximum atomic E-state index is 13.3. The molecule has 2 aliphatic rings. The highest BCUT2D eigenvalue weighted by molar-refractivity contribution is 5.89. The number of pyridine rings is 2. The van der Waals surface area contributed by atoms with Crippen LogP contribution in [-0.2, 0) is 34.8 Å². The van der Waals surface area contributed by atoms with Crippen LogP contribution in [0.3, 0.4) is 0 Å². The third-order valence-corrected chi connectivity index (χ3v) is 6.13. The maximum absolute atomic E-state index is 13.3. The van der Waals surface area contributed by atoms with Crippen molar-refractivity contribution in [2.45, 2.75) is 38.6 Å². The van der Waals surface area contributed by atoms with E-state index in [-0.39, 0.29) is 54.6 Å². The average molecular weight is 456 g/mol. The number of nitrogens with zero attached hydrogens (tertiary/aromatic N) is 3. The first-order valence-corrected chi connectivity index (χ1v) is 9.98. The molecule has 0 radical (unpaired) electrons. The molecule has 5 rings (SSSR count). The molecule has 0 amide bonds. The number of aliphatic hydroxyl groups is 1. The Hall–Kier alpha value is -3.43. The molecule has 0 spiro atoms. The van der Waals surface area contributed by atoms with Crippen molar-refractivity contribution in [2.75, 3.05) is 0 Å². The number of cyclic esters (lactones) is 1. The Bertz CT molecular complexity index is 1360. The van der Waals surface area contributed by atoms with Gasteiger partial charge >= 0.3 is 5.97 Å². The molecular formula is C22H22ClN5O4. The van der Waals surface area contributed by atoms with Gasteiger partial charge in [-0.2, -0.15) is 0 Å². The summed E-state index contributed by atoms with van der Waals surface area (Å²) in [5.74, 6) is -0.772. The second-order valence-corrected chi connectivity index (χ2v) is 7.78. The Morgan fingerprint density at radius 2 is 2.03 bits per heavy atom. The molecule has 0 saturated heterocycles. The second kappa shape index (κ2) is 7.61. The molecule has 0 unspecified atom stereocenters. The van der Waals surface area contributed by atoms with E-state index in [1.54, 1.807) is 17.6 Å². The number of carbonyl (C=O) groups excluding carboxylic acids is 1. The number of benzene rings is 1. The molecule has 10 heteroatoms. The minimum Gasteiger partial charge on any atom is -0.458 e. The summed E-state index contributed by atoms with van der Waals surface area (Å²) in [7, 11) is 0. The van der Waals surface area contributed by atoms with Gasteiger partial charge in [-0.25, -0.2) is 14.8 Å². The van der Waals surface area contributed by atoms with Crippen LogP contribution in [-0.4, -0.2) is 26.6 Å². The highest BCUT2D eigenvalue weighted by Crippen LogP contribution is 2.40. The molecule has 32 heavy (non-hydrogen) atoms. The summed E-state index contributed by atoms with van der Waals surface area (Å²) in [5.41, 5.74) is 13.2. The van der Waals surface area contributed by atoms with Gasteiger partial charge < -0.3 is 25.9 Å². The monoisotopic (exact) mass is 455 g/mol. The van der Waals surface area contributed by atoms with E-state index in [4.69, 9.17) is 21.2 Å². The Morgan fingerprint density at radius 3 is 2.75 bits per heavy atom. The van der Waals surface area contributed by atoms with E-state index in [1.807, 2.05) is 24.3 Å². The number of halogens is 1. The molecule has 5 N–H and O–H groups in total. The molecule has 0 aliphatic carbocycles. The zero-order valence-corrected chi connectivity index (χ0v) is 18.1. The number of aliphatic imine (C=N–C) groups is 1. The van der Waals surface area contributed by atoms with Crippen molar-refractivity contribution < 1.29 is 14.6 Å². The molecule has 4 heterocycles. The molecule has 2 aliphatic heterocycles. The fraction of sp³-hybridized carbons (Fsp3) is 0.273. The van der Waals surface area contributed by atoms with Crippen molar-refractivity contribution in [1.29, 1.82) is 0 Å². The lowest BCUT2D eigenvalue weighted by Gasteiger charge is -2.31. The van der Waals surface area contributed by atoms with Gasteiger partial charge in [-0.15, -0.1) is 12.4 Å². The fourth-order valence-corrected chi connectivity index (χ4v) is 4.46. The number of para-hydroxylation sites is 1. The number of aromatic nitrogens is 2. The summed E-state index contributed by atoms with van der Waals surface area (Å²) in [5, 5.41) is 11.9. The Labute approximate surface area is 189 Å². The van der Waals surface area contributed by atoms with Gasteiger partial charge in [0.1, 0.15) is 6.61 Å². The fourth-order valence-electron chi connectivity index (χ4n) is 4.46. The molecule has 3 aromatic rings. The van der Waals surface area contributed by atoms with Crippen LogP contribution in [0.4, 0.5) is 0 Å². The quantitative estimate of drug-likeness (QED) is 0.239. The van der Waals surface area contributed by atoms with Gasteiger partial charge in [-0.1, -0.05) is 25.1 Å². The first kappa shape index (κ1) is 21.8. The predicted molar refractivity (Wildman–Crippen MR) is 121 cm³/mol. The van der Waals surface area contributed by atoms with Gasteiger partial charge in [-0.05, 0) is 24.1 Å². The molecular weight excluding hydrogens is 434 g/mol. The van der Waals surface area contributed by atoms with E-state index in [2.05, 4.69) is 4.99 Å². The molecule has 1 atom stereocenters. The maximum Gasteiger partial charge on any atom is 0.343 e. The van der Waals surface area contributed by atoms with Crippen molar-refractivity contribution in [2.24, 2.45) is 16.5 Å². The molecule has 0 saturated carbocycles. The predicted octanol–water partition coefficient (Wildman–Crippen LogP) is 1.27. The number of rotatable bonds is 3. The van der Waals surface area contributed by atoms with Crippen LogP contribution < -0.4 is 17.0 Å². The van der Waals surface area contributed by atoms with Crippen molar-refractivity contribution in [1.82, 2.24) is 9.55 Å². The number of nitrogens with two attached hydrogens (primary N) is 2. The largest absolute Gasteiger partial charge is 0.458 e. The van der Waals surface area contributed by atoms with Gasteiger partial charge in [0.15, 0.2) is 11.6 Å². The van der Waals surface area contributed by atoms with Crippen molar-refractivity contribution >= 4 is 35.2 Å². The van der Waals surface area contributed by atoms with E-state index in [0.29, 0.717) is 17.9 Å². The Kier molecular flexibility index (Phi) is 5.18. The molecule has 2 aromatic heterocycles. The normalized spacial score (nSPS) is 18.2. The topological polar surface area (TPSA) is 146 Å². The van der Waals surface area contributed by atoms with Gasteiger partial charge in [0.25, 0.3) is 5.56 Å². The molecule has 0 bridgehead atoms. The highest BCUT2D eigenvalue weighted by atomic mass is 35.5. The van der Waals surface area contributed by atoms with Crippen molar-refractivity contribution in [3.63, 3.8) is 0 Å². The van der Waals surface area contributed by atoms with E-state index < -0.39 is 11.6 Å². The first-order chi connectivity index (χ1) is 14.8. The average Bonchev–Trinajstić information content (AvgIpc) is 3.13. The van der Waals surface area contributed by atoms with Gasteiger partial charge in [0, 0.05) is 16.5 Å². The number of fused-ring (bicyclic) bond motifs is 5. The standard InChI is InChI=1S/C22H21N5O4.ClH/c1-2-22(30)15-7-17-18-13(9-27(17)19(28)14(15)10-31-20(22)29)12(8-25-21(23)24)11-5-3-4-6-16(11)26-18;/h3-7,30H,2,8-10H2,1H3,(H4,23,24,25);1H/t22-;/m0./s1. The Morgan fingerprint density at radius 1 is 1.28 bits per heavy atom. The van der Waals surface area contributed by atoms with Crippen LogP contribution in [0.2, 0.25) is 0 Å². The SMILES string of the molecule is CC[C@@]1(O)C(=O)OCc2c1cc1n(c2=O)Cc2c-1nc1ccccc1c2CN=C(N)N.Cl. The van der Waals surface area contributed by atoms with Crippen molar-refractivity contribution in [3.05, 3.63) is 62.9 Å². The summed E-state index contributed by atoms with van der Waals surface area (Å²) in [4.78, 5) is 34.6.